The summed E-state index contributed by atoms with van der Waals surface area (Å²) >= 11 is 4.22. The monoisotopic (exact) mass is 212 g/mol. The van der Waals surface area contributed by atoms with Gasteiger partial charge in [0.05, 0.1) is 6.20 Å². The Balaban J connectivity index is 2.23. The number of aromatic nitrogens is 1. The molecule has 1 fully saturated rings. The van der Waals surface area contributed by atoms with Crippen molar-refractivity contribution in [3.8, 4) is 0 Å². The van der Waals surface area contributed by atoms with Gasteiger partial charge in [-0.1, -0.05) is 0 Å². The van der Waals surface area contributed by atoms with E-state index >= 15 is 0 Å². The van der Waals surface area contributed by atoms with E-state index in [4.69, 9.17) is 0 Å². The van der Waals surface area contributed by atoms with Gasteiger partial charge in [0.2, 0.25) is 5.91 Å². The molecule has 0 radical (unpaired) electrons. The molecule has 1 amide bonds. The fourth-order valence-corrected chi connectivity index (χ4v) is 1.76. The average molecular weight is 212 g/mol. The lowest BCUT2D eigenvalue weighted by Gasteiger charge is -2.13. The Bertz CT molecular complexity index is 354. The second-order valence-corrected chi connectivity index (χ2v) is 3.93. The Hall–Kier alpha value is -1.10. The number of carbonyl (C=O) groups excluding carboxylic acids is 1. The molecule has 14 heavy (non-hydrogen) atoms. The summed E-state index contributed by atoms with van der Waals surface area (Å²) in [6, 6.07) is 2.79. The van der Waals surface area contributed by atoms with Gasteiger partial charge in [-0.05, 0) is 12.1 Å². The number of pyridine rings is 1. The van der Waals surface area contributed by atoms with Crippen LogP contribution in [-0.2, 0) is 4.79 Å². The molecular weight excluding hydrogens is 203 g/mol. The summed E-state index contributed by atoms with van der Waals surface area (Å²) in [5.74, 6) is 0.0832. The SMILES string of the molecule is O=C1CC(S)CN1c1ccc(F)cn1. The van der Waals surface area contributed by atoms with Crippen LogP contribution in [0.25, 0.3) is 0 Å². The van der Waals surface area contributed by atoms with Gasteiger partial charge in [0.25, 0.3) is 0 Å². The molecule has 5 heteroatoms. The van der Waals surface area contributed by atoms with Crippen LogP contribution in [0.4, 0.5) is 10.2 Å². The molecule has 0 bridgehead atoms. The van der Waals surface area contributed by atoms with Crippen LogP contribution >= 0.6 is 12.6 Å². The molecule has 0 aliphatic carbocycles. The summed E-state index contributed by atoms with van der Waals surface area (Å²) in [7, 11) is 0. The van der Waals surface area contributed by atoms with E-state index in [1.54, 1.807) is 0 Å². The second kappa shape index (κ2) is 3.57. The molecule has 2 heterocycles. The van der Waals surface area contributed by atoms with Crippen molar-refractivity contribution in [2.24, 2.45) is 0 Å². The lowest BCUT2D eigenvalue weighted by molar-refractivity contribution is -0.117. The molecule has 74 valence electrons. The van der Waals surface area contributed by atoms with Crippen molar-refractivity contribution in [3.63, 3.8) is 0 Å². The molecule has 1 atom stereocenters. The van der Waals surface area contributed by atoms with Crippen LogP contribution in [0.15, 0.2) is 18.3 Å². The Morgan fingerprint density at radius 3 is 2.86 bits per heavy atom. The maximum atomic E-state index is 12.6. The summed E-state index contributed by atoms with van der Waals surface area (Å²) in [5, 5.41) is 0.0503. The highest BCUT2D eigenvalue weighted by Crippen LogP contribution is 2.21. The number of nitrogens with zero attached hydrogens (tertiary/aromatic N) is 2. The average Bonchev–Trinajstić information content (AvgIpc) is 2.47. The molecule has 1 aliphatic heterocycles. The van der Waals surface area contributed by atoms with Gasteiger partial charge in [-0.15, -0.1) is 0 Å². The van der Waals surface area contributed by atoms with E-state index < -0.39 is 5.82 Å². The standard InChI is InChI=1S/C9H9FN2OS/c10-6-1-2-8(11-4-6)12-5-7(14)3-9(12)13/h1-2,4,7,14H,3,5H2. The third kappa shape index (κ3) is 1.72. The van der Waals surface area contributed by atoms with Crippen molar-refractivity contribution in [2.45, 2.75) is 11.7 Å². The molecule has 1 aromatic rings. The van der Waals surface area contributed by atoms with E-state index in [9.17, 15) is 9.18 Å². The molecule has 1 unspecified atom stereocenters. The normalized spacial score (nSPS) is 21.7. The van der Waals surface area contributed by atoms with E-state index in [1.165, 1.54) is 17.0 Å². The number of rotatable bonds is 1. The first-order valence-corrected chi connectivity index (χ1v) is 4.78. The van der Waals surface area contributed by atoms with Gasteiger partial charge in [-0.25, -0.2) is 9.37 Å². The van der Waals surface area contributed by atoms with E-state index in [1.807, 2.05) is 0 Å². The summed E-state index contributed by atoms with van der Waals surface area (Å²) in [4.78, 5) is 16.8. The summed E-state index contributed by atoms with van der Waals surface area (Å²) in [6.45, 7) is 0.542. The summed E-state index contributed by atoms with van der Waals surface area (Å²) in [5.41, 5.74) is 0. The van der Waals surface area contributed by atoms with Gasteiger partial charge in [-0.3, -0.25) is 9.69 Å². The van der Waals surface area contributed by atoms with Crippen molar-refractivity contribution in [3.05, 3.63) is 24.1 Å². The predicted molar refractivity (Wildman–Crippen MR) is 53.9 cm³/mol. The van der Waals surface area contributed by atoms with Gasteiger partial charge in [0.1, 0.15) is 11.6 Å². The quantitative estimate of drug-likeness (QED) is 0.711. The van der Waals surface area contributed by atoms with Gasteiger partial charge in [-0.2, -0.15) is 12.6 Å². The number of anilines is 1. The van der Waals surface area contributed by atoms with Crippen LogP contribution in [0.1, 0.15) is 6.42 Å². The molecule has 0 spiro atoms. The van der Waals surface area contributed by atoms with E-state index in [2.05, 4.69) is 17.6 Å². The highest BCUT2D eigenvalue weighted by atomic mass is 32.1. The fourth-order valence-electron chi connectivity index (χ4n) is 1.44. The van der Waals surface area contributed by atoms with Gasteiger partial charge in [0, 0.05) is 18.2 Å². The van der Waals surface area contributed by atoms with Crippen LogP contribution in [-0.4, -0.2) is 22.7 Å². The lowest BCUT2D eigenvalue weighted by atomic mass is 10.4. The topological polar surface area (TPSA) is 33.2 Å². The number of carbonyl (C=O) groups is 1. The van der Waals surface area contributed by atoms with Gasteiger partial charge < -0.3 is 0 Å². The van der Waals surface area contributed by atoms with Crippen molar-refractivity contribution in [1.82, 2.24) is 4.98 Å². The van der Waals surface area contributed by atoms with Crippen LogP contribution < -0.4 is 4.90 Å². The summed E-state index contributed by atoms with van der Waals surface area (Å²) in [6.07, 6.45) is 1.52. The van der Waals surface area contributed by atoms with Crippen LogP contribution in [0.3, 0.4) is 0 Å². The first-order chi connectivity index (χ1) is 6.66. The third-order valence-corrected chi connectivity index (χ3v) is 2.44. The number of hydrogen-bond acceptors (Lipinski definition) is 3. The predicted octanol–water partition coefficient (Wildman–Crippen LogP) is 1.26. The zero-order chi connectivity index (χ0) is 10.1. The van der Waals surface area contributed by atoms with Gasteiger partial charge >= 0.3 is 0 Å². The minimum Gasteiger partial charge on any atom is -0.296 e. The van der Waals surface area contributed by atoms with Crippen molar-refractivity contribution >= 4 is 24.4 Å². The van der Waals surface area contributed by atoms with Crippen LogP contribution in [0.2, 0.25) is 0 Å². The largest absolute Gasteiger partial charge is 0.296 e. The minimum absolute atomic E-state index is 0.0101. The fraction of sp³-hybridized carbons (Fsp3) is 0.333. The van der Waals surface area contributed by atoms with Gasteiger partial charge in [0.15, 0.2) is 0 Å². The molecule has 1 saturated heterocycles. The number of hydrogen-bond donors (Lipinski definition) is 1. The molecule has 0 aromatic carbocycles. The number of thiol groups is 1. The maximum absolute atomic E-state index is 12.6. The Labute approximate surface area is 86.3 Å². The summed E-state index contributed by atoms with van der Waals surface area (Å²) < 4.78 is 12.6. The lowest BCUT2D eigenvalue weighted by Crippen LogP contribution is -2.25. The van der Waals surface area contributed by atoms with Crippen molar-refractivity contribution in [1.29, 1.82) is 0 Å². The highest BCUT2D eigenvalue weighted by molar-refractivity contribution is 7.81. The maximum Gasteiger partial charge on any atom is 0.229 e. The molecule has 2 rings (SSSR count). The van der Waals surface area contributed by atoms with Crippen molar-refractivity contribution in [2.75, 3.05) is 11.4 Å². The van der Waals surface area contributed by atoms with E-state index in [-0.39, 0.29) is 11.2 Å². The van der Waals surface area contributed by atoms with Crippen LogP contribution in [0, 0.1) is 5.82 Å². The first-order valence-electron chi connectivity index (χ1n) is 4.27. The Morgan fingerprint density at radius 1 is 1.57 bits per heavy atom. The minimum atomic E-state index is -0.400. The molecular formula is C9H9FN2OS. The Morgan fingerprint density at radius 2 is 2.36 bits per heavy atom. The third-order valence-electron chi connectivity index (χ3n) is 2.09. The molecule has 0 N–H and O–H groups in total. The molecule has 1 aromatic heterocycles. The zero-order valence-electron chi connectivity index (χ0n) is 7.35. The first kappa shape index (κ1) is 9.45. The molecule has 0 saturated carbocycles. The van der Waals surface area contributed by atoms with E-state index in [0.29, 0.717) is 18.8 Å². The molecule has 1 aliphatic rings. The number of halogens is 1. The van der Waals surface area contributed by atoms with Crippen molar-refractivity contribution < 1.29 is 9.18 Å². The smallest absolute Gasteiger partial charge is 0.229 e. The highest BCUT2D eigenvalue weighted by Gasteiger charge is 2.28. The van der Waals surface area contributed by atoms with Crippen LogP contribution in [0.5, 0.6) is 0 Å². The number of amides is 1. The Kier molecular flexibility index (Phi) is 2.41. The van der Waals surface area contributed by atoms with E-state index in [0.717, 1.165) is 6.20 Å². The second-order valence-electron chi connectivity index (χ2n) is 3.20. The zero-order valence-corrected chi connectivity index (χ0v) is 8.25. The molecule has 3 nitrogen and oxygen atoms in total.